The molecule has 2 aliphatic carbocycles. The van der Waals surface area contributed by atoms with Gasteiger partial charge >= 0.3 is 0 Å². The van der Waals surface area contributed by atoms with Gasteiger partial charge in [-0.05, 0) is 78.2 Å². The third-order valence-corrected chi connectivity index (χ3v) is 8.25. The van der Waals surface area contributed by atoms with Gasteiger partial charge in [-0.15, -0.1) is 11.3 Å². The van der Waals surface area contributed by atoms with Gasteiger partial charge in [-0.25, -0.2) is 0 Å². The molecule has 4 heteroatoms. The molecule has 1 N–H and O–H groups in total. The van der Waals surface area contributed by atoms with Gasteiger partial charge in [0, 0.05) is 11.3 Å². The molecule has 0 unspecified atom stereocenters. The molecule has 1 aromatic heterocycles. The molecule has 3 nitrogen and oxygen atoms in total. The normalized spacial score (nSPS) is 21.0. The Morgan fingerprint density at radius 1 is 1.31 bits per heavy atom. The molecule has 2 atom stereocenters. The van der Waals surface area contributed by atoms with Crippen LogP contribution in [0.15, 0.2) is 12.1 Å². The summed E-state index contributed by atoms with van der Waals surface area (Å²) in [5, 5.41) is 9.04. The van der Waals surface area contributed by atoms with Crippen molar-refractivity contribution in [2.75, 3.05) is 13.2 Å². The summed E-state index contributed by atoms with van der Waals surface area (Å²) in [6.45, 7) is 11.4. The first-order valence-electron chi connectivity index (χ1n) is 10.8. The number of carbonyl (C=O) groups excluding carboxylic acids is 1. The van der Waals surface area contributed by atoms with Crippen LogP contribution in [-0.2, 0) is 19.3 Å². The summed E-state index contributed by atoms with van der Waals surface area (Å²) >= 11 is 1.72. The van der Waals surface area contributed by atoms with Crippen LogP contribution in [-0.4, -0.2) is 24.1 Å². The summed E-state index contributed by atoms with van der Waals surface area (Å²) < 4.78 is 5.73. The van der Waals surface area contributed by atoms with E-state index in [4.69, 9.17) is 9.84 Å². The first-order chi connectivity index (χ1) is 13.8. The van der Waals surface area contributed by atoms with Crippen molar-refractivity contribution in [3.05, 3.63) is 49.7 Å². The zero-order valence-corrected chi connectivity index (χ0v) is 19.0. The minimum atomic E-state index is 0.0162. The van der Waals surface area contributed by atoms with Gasteiger partial charge in [-0.1, -0.05) is 32.9 Å². The molecule has 0 spiro atoms. The zero-order valence-electron chi connectivity index (χ0n) is 18.2. The molecular weight excluding hydrogens is 380 g/mol. The lowest BCUT2D eigenvalue weighted by molar-refractivity contribution is 0.0985. The molecule has 0 aliphatic heterocycles. The molecular formula is C25H32O3S. The maximum absolute atomic E-state index is 13.1. The van der Waals surface area contributed by atoms with E-state index in [1.165, 1.54) is 21.6 Å². The Labute approximate surface area is 178 Å². The second-order valence-electron chi connectivity index (χ2n) is 9.24. The van der Waals surface area contributed by atoms with E-state index >= 15 is 0 Å². The molecule has 0 radical (unpaired) electrons. The minimum absolute atomic E-state index is 0.0162. The fraction of sp³-hybridized carbons (Fsp3) is 0.560. The lowest BCUT2D eigenvalue weighted by Gasteiger charge is -2.15. The first kappa shape index (κ1) is 20.6. The van der Waals surface area contributed by atoms with Crippen LogP contribution in [0.1, 0.15) is 75.5 Å². The van der Waals surface area contributed by atoms with E-state index in [1.54, 1.807) is 11.3 Å². The van der Waals surface area contributed by atoms with E-state index in [-0.39, 0.29) is 6.61 Å². The van der Waals surface area contributed by atoms with Crippen LogP contribution in [0.3, 0.4) is 0 Å². The average molecular weight is 413 g/mol. The van der Waals surface area contributed by atoms with E-state index in [0.29, 0.717) is 30.1 Å². The summed E-state index contributed by atoms with van der Waals surface area (Å²) in [6.07, 6.45) is 3.29. The molecule has 2 aromatic rings. The number of hydrogen-bond acceptors (Lipinski definition) is 4. The molecule has 0 amide bonds. The van der Waals surface area contributed by atoms with Crippen LogP contribution in [0, 0.1) is 25.2 Å². The predicted molar refractivity (Wildman–Crippen MR) is 119 cm³/mol. The highest BCUT2D eigenvalue weighted by Gasteiger charge is 2.63. The van der Waals surface area contributed by atoms with Crippen LogP contribution in [0.5, 0.6) is 5.75 Å². The predicted octanol–water partition coefficient (Wildman–Crippen LogP) is 5.41. The highest BCUT2D eigenvalue weighted by atomic mass is 32.1. The van der Waals surface area contributed by atoms with Crippen molar-refractivity contribution in [2.24, 2.45) is 11.3 Å². The monoisotopic (exact) mass is 412 g/mol. The Bertz CT molecular complexity index is 953. The fourth-order valence-corrected chi connectivity index (χ4v) is 6.62. The summed E-state index contributed by atoms with van der Waals surface area (Å²) in [6, 6.07) is 4.29. The summed E-state index contributed by atoms with van der Waals surface area (Å²) in [5.74, 6) is 2.60. The Balaban J connectivity index is 1.48. The van der Waals surface area contributed by atoms with Crippen molar-refractivity contribution >= 4 is 17.1 Å². The highest BCUT2D eigenvalue weighted by Crippen LogP contribution is 2.71. The van der Waals surface area contributed by atoms with Gasteiger partial charge in [0.25, 0.3) is 0 Å². The second kappa shape index (κ2) is 7.55. The van der Waals surface area contributed by atoms with Crippen molar-refractivity contribution in [3.8, 4) is 5.75 Å². The lowest BCUT2D eigenvalue weighted by Crippen LogP contribution is -2.07. The topological polar surface area (TPSA) is 46.5 Å². The first-order valence-corrected chi connectivity index (χ1v) is 11.6. The highest BCUT2D eigenvalue weighted by molar-refractivity contribution is 7.14. The molecule has 1 aromatic carbocycles. The van der Waals surface area contributed by atoms with Gasteiger partial charge in [0.05, 0.1) is 11.5 Å². The van der Waals surface area contributed by atoms with Gasteiger partial charge in [-0.3, -0.25) is 4.79 Å². The molecule has 1 heterocycles. The Kier molecular flexibility index (Phi) is 5.37. The SMILES string of the molecule is CCc1cc(CCC(=O)c2sc(C)c3c2C[C@@H]2[C@H]3C2(C)C)cc(C)c1OCCO. The molecule has 156 valence electrons. The van der Waals surface area contributed by atoms with Crippen molar-refractivity contribution < 1.29 is 14.6 Å². The fourth-order valence-electron chi connectivity index (χ4n) is 5.42. The Hall–Kier alpha value is -1.65. The summed E-state index contributed by atoms with van der Waals surface area (Å²) in [7, 11) is 0. The largest absolute Gasteiger partial charge is 0.491 e. The van der Waals surface area contributed by atoms with Crippen LogP contribution in [0.2, 0.25) is 0 Å². The number of carbonyl (C=O) groups is 1. The molecule has 29 heavy (non-hydrogen) atoms. The van der Waals surface area contributed by atoms with E-state index in [0.717, 1.165) is 46.9 Å². The number of thiophene rings is 1. The number of ether oxygens (including phenoxy) is 1. The van der Waals surface area contributed by atoms with E-state index in [9.17, 15) is 4.79 Å². The number of fused-ring (bicyclic) bond motifs is 3. The second-order valence-corrected chi connectivity index (χ2v) is 10.5. The lowest BCUT2D eigenvalue weighted by atomic mass is 9.93. The smallest absolute Gasteiger partial charge is 0.173 e. The van der Waals surface area contributed by atoms with Crippen molar-refractivity contribution in [1.82, 2.24) is 0 Å². The number of rotatable bonds is 8. The average Bonchev–Trinajstić information content (AvgIpc) is 3.02. The van der Waals surface area contributed by atoms with Gasteiger partial charge in [0.1, 0.15) is 12.4 Å². The molecule has 0 saturated heterocycles. The number of aryl methyl sites for hydroxylation is 4. The zero-order chi connectivity index (χ0) is 20.9. The summed E-state index contributed by atoms with van der Waals surface area (Å²) in [5.41, 5.74) is 6.71. The van der Waals surface area contributed by atoms with Gasteiger partial charge in [-0.2, -0.15) is 0 Å². The number of hydrogen-bond donors (Lipinski definition) is 1. The maximum Gasteiger partial charge on any atom is 0.173 e. The van der Waals surface area contributed by atoms with Crippen LogP contribution < -0.4 is 4.74 Å². The summed E-state index contributed by atoms with van der Waals surface area (Å²) in [4.78, 5) is 15.5. The number of aliphatic hydroxyl groups is 1. The van der Waals surface area contributed by atoms with Crippen LogP contribution in [0.25, 0.3) is 0 Å². The van der Waals surface area contributed by atoms with Gasteiger partial charge in [0.2, 0.25) is 0 Å². The van der Waals surface area contributed by atoms with Crippen LogP contribution >= 0.6 is 11.3 Å². The molecule has 4 rings (SSSR count). The molecule has 1 saturated carbocycles. The van der Waals surface area contributed by atoms with E-state index in [2.05, 4.69) is 39.8 Å². The third kappa shape index (κ3) is 3.44. The quantitative estimate of drug-likeness (QED) is 0.590. The Morgan fingerprint density at radius 3 is 2.76 bits per heavy atom. The van der Waals surface area contributed by atoms with Crippen molar-refractivity contribution in [2.45, 2.75) is 66.2 Å². The van der Waals surface area contributed by atoms with Gasteiger partial charge < -0.3 is 9.84 Å². The van der Waals surface area contributed by atoms with Gasteiger partial charge in [0.15, 0.2) is 5.78 Å². The van der Waals surface area contributed by atoms with E-state index < -0.39 is 0 Å². The minimum Gasteiger partial charge on any atom is -0.491 e. The molecule has 2 aliphatic rings. The van der Waals surface area contributed by atoms with Crippen molar-refractivity contribution in [3.63, 3.8) is 0 Å². The Morgan fingerprint density at radius 2 is 2.07 bits per heavy atom. The number of ketones is 1. The molecule has 0 bridgehead atoms. The number of aliphatic hydroxyl groups excluding tert-OH is 1. The number of Topliss-reactive ketones (excluding diaryl/α,β-unsaturated/α-hetero) is 1. The third-order valence-electron chi connectivity index (χ3n) is 7.04. The maximum atomic E-state index is 13.1. The number of benzene rings is 1. The van der Waals surface area contributed by atoms with Crippen molar-refractivity contribution in [1.29, 1.82) is 0 Å². The standard InChI is InChI=1S/C25H32O3S/c1-6-17-12-16(11-14(2)23(17)28-10-9-26)7-8-20(27)24-18-13-19-22(25(19,4)5)21(18)15(3)29-24/h11-12,19,22,26H,6-10,13H2,1-5H3/t19-,22-/m1/s1. The van der Waals surface area contributed by atoms with E-state index in [1.807, 2.05) is 6.92 Å². The molecule has 1 fully saturated rings. The van der Waals surface area contributed by atoms with Crippen LogP contribution in [0.4, 0.5) is 0 Å².